The summed E-state index contributed by atoms with van der Waals surface area (Å²) in [4.78, 5) is 15.3. The van der Waals surface area contributed by atoms with Crippen molar-refractivity contribution in [3.8, 4) is 0 Å². The van der Waals surface area contributed by atoms with Crippen LogP contribution >= 0.6 is 0 Å². The molecule has 0 aromatic rings. The Kier molecular flexibility index (Phi) is 3.68. The first-order chi connectivity index (χ1) is 6.27. The third kappa shape index (κ3) is 3.40. The fourth-order valence-electron chi connectivity index (χ4n) is 1.06. The van der Waals surface area contributed by atoms with E-state index in [-0.39, 0.29) is 5.91 Å². The molecule has 1 fully saturated rings. The molecule has 0 atom stereocenters. The average Bonchev–Trinajstić information content (AvgIpc) is 2.93. The van der Waals surface area contributed by atoms with Crippen molar-refractivity contribution in [3.63, 3.8) is 0 Å². The van der Waals surface area contributed by atoms with Crippen LogP contribution in [-0.4, -0.2) is 25.2 Å². The molecule has 0 aliphatic heterocycles. The normalized spacial score (nSPS) is 17.8. The molecule has 1 aliphatic rings. The Balaban J connectivity index is 2.34. The maximum Gasteiger partial charge on any atom is 0.269 e. The highest BCUT2D eigenvalue weighted by Crippen LogP contribution is 2.27. The predicted octanol–water partition coefficient (Wildman–Crippen LogP) is 1.16. The summed E-state index contributed by atoms with van der Waals surface area (Å²) in [7, 11) is 1.63. The summed E-state index contributed by atoms with van der Waals surface area (Å²) in [5, 5.41) is 2.86. The molecule has 0 spiro atoms. The van der Waals surface area contributed by atoms with Gasteiger partial charge in [0.05, 0.1) is 0 Å². The van der Waals surface area contributed by atoms with Crippen LogP contribution in [0.15, 0.2) is 17.1 Å². The van der Waals surface area contributed by atoms with Gasteiger partial charge >= 0.3 is 0 Å². The van der Waals surface area contributed by atoms with Crippen molar-refractivity contribution in [1.29, 1.82) is 0 Å². The van der Waals surface area contributed by atoms with Gasteiger partial charge in [-0.05, 0) is 31.8 Å². The van der Waals surface area contributed by atoms with Gasteiger partial charge < -0.3 is 5.32 Å². The summed E-state index contributed by atoms with van der Waals surface area (Å²) in [5.41, 5.74) is 0.503. The average molecular weight is 180 g/mol. The van der Waals surface area contributed by atoms with E-state index in [0.717, 1.165) is 6.54 Å². The maximum atomic E-state index is 11.4. The Morgan fingerprint density at radius 2 is 2.31 bits per heavy atom. The molecule has 72 valence electrons. The first-order valence-corrected chi connectivity index (χ1v) is 4.65. The van der Waals surface area contributed by atoms with Crippen LogP contribution in [0.2, 0.25) is 0 Å². The summed E-state index contributed by atoms with van der Waals surface area (Å²) in [5.74, 6) is 0.653. The number of aliphatic imine (C=N–C) groups is 1. The highest BCUT2D eigenvalue weighted by Gasteiger charge is 2.22. The zero-order chi connectivity index (χ0) is 9.68. The lowest BCUT2D eigenvalue weighted by Crippen LogP contribution is -2.31. The molecule has 0 heterocycles. The summed E-state index contributed by atoms with van der Waals surface area (Å²) in [6, 6.07) is 0. The molecule has 0 unspecified atom stereocenters. The lowest BCUT2D eigenvalue weighted by atomic mass is 10.3. The van der Waals surface area contributed by atoms with Crippen LogP contribution in [0.1, 0.15) is 19.8 Å². The van der Waals surface area contributed by atoms with Gasteiger partial charge in [0.1, 0.15) is 5.71 Å². The molecular weight excluding hydrogens is 164 g/mol. The number of allylic oxidation sites excluding steroid dienone is 1. The van der Waals surface area contributed by atoms with Gasteiger partial charge in [-0.1, -0.05) is 6.08 Å². The molecule has 13 heavy (non-hydrogen) atoms. The Bertz CT molecular complexity index is 239. The SMILES string of the molecule is C/C=C\C(=N/C)C(=O)NCC1CC1. The second-order valence-electron chi connectivity index (χ2n) is 3.26. The van der Waals surface area contributed by atoms with Gasteiger partial charge in [0.15, 0.2) is 0 Å². The number of hydrogen-bond acceptors (Lipinski definition) is 2. The van der Waals surface area contributed by atoms with Crippen LogP contribution in [0.25, 0.3) is 0 Å². The fourth-order valence-corrected chi connectivity index (χ4v) is 1.06. The quantitative estimate of drug-likeness (QED) is 0.648. The minimum Gasteiger partial charge on any atom is -0.350 e. The zero-order valence-corrected chi connectivity index (χ0v) is 8.21. The number of nitrogens with zero attached hydrogens (tertiary/aromatic N) is 1. The van der Waals surface area contributed by atoms with Crippen LogP contribution in [0.5, 0.6) is 0 Å². The van der Waals surface area contributed by atoms with Crippen molar-refractivity contribution in [3.05, 3.63) is 12.2 Å². The Morgan fingerprint density at radius 3 is 2.77 bits per heavy atom. The van der Waals surface area contributed by atoms with Gasteiger partial charge in [0, 0.05) is 13.6 Å². The van der Waals surface area contributed by atoms with E-state index in [4.69, 9.17) is 0 Å². The highest BCUT2D eigenvalue weighted by atomic mass is 16.1. The van der Waals surface area contributed by atoms with Crippen LogP contribution in [0.4, 0.5) is 0 Å². The van der Waals surface area contributed by atoms with E-state index < -0.39 is 0 Å². The molecule has 0 radical (unpaired) electrons. The lowest BCUT2D eigenvalue weighted by molar-refractivity contribution is -0.114. The van der Waals surface area contributed by atoms with E-state index in [0.29, 0.717) is 11.6 Å². The molecule has 1 saturated carbocycles. The minimum absolute atomic E-state index is 0.0625. The van der Waals surface area contributed by atoms with Gasteiger partial charge in [-0.3, -0.25) is 9.79 Å². The first-order valence-electron chi connectivity index (χ1n) is 4.65. The topological polar surface area (TPSA) is 41.5 Å². The van der Waals surface area contributed by atoms with Crippen molar-refractivity contribution in [2.45, 2.75) is 19.8 Å². The number of carbonyl (C=O) groups is 1. The third-order valence-electron chi connectivity index (χ3n) is 2.05. The summed E-state index contributed by atoms with van der Waals surface area (Å²) in [6.07, 6.45) is 6.05. The highest BCUT2D eigenvalue weighted by molar-refractivity contribution is 6.43. The summed E-state index contributed by atoms with van der Waals surface area (Å²) >= 11 is 0. The van der Waals surface area contributed by atoms with E-state index >= 15 is 0 Å². The van der Waals surface area contributed by atoms with Gasteiger partial charge in [-0.25, -0.2) is 0 Å². The number of carbonyl (C=O) groups excluding carboxylic acids is 1. The fraction of sp³-hybridized carbons (Fsp3) is 0.600. The molecule has 3 nitrogen and oxygen atoms in total. The Labute approximate surface area is 78.9 Å². The molecule has 1 rings (SSSR count). The lowest BCUT2D eigenvalue weighted by Gasteiger charge is -2.02. The Morgan fingerprint density at radius 1 is 1.62 bits per heavy atom. The van der Waals surface area contributed by atoms with Gasteiger partial charge in [0.2, 0.25) is 0 Å². The standard InChI is InChI=1S/C10H16N2O/c1-3-4-9(11-2)10(13)12-7-8-5-6-8/h3-4,8H,5-7H2,1-2H3,(H,12,13)/b4-3-,11-9+. The largest absolute Gasteiger partial charge is 0.350 e. The molecule has 1 N–H and O–H groups in total. The number of hydrogen-bond donors (Lipinski definition) is 1. The van der Waals surface area contributed by atoms with E-state index in [9.17, 15) is 4.79 Å². The van der Waals surface area contributed by atoms with Crippen LogP contribution in [-0.2, 0) is 4.79 Å². The van der Waals surface area contributed by atoms with Gasteiger partial charge in [-0.2, -0.15) is 0 Å². The second kappa shape index (κ2) is 4.80. The van der Waals surface area contributed by atoms with Crippen molar-refractivity contribution >= 4 is 11.6 Å². The van der Waals surface area contributed by atoms with Crippen LogP contribution in [0, 0.1) is 5.92 Å². The summed E-state index contributed by atoms with van der Waals surface area (Å²) in [6.45, 7) is 2.68. The molecule has 0 bridgehead atoms. The molecule has 0 saturated heterocycles. The van der Waals surface area contributed by atoms with Gasteiger partial charge in [-0.15, -0.1) is 0 Å². The molecule has 0 aromatic carbocycles. The van der Waals surface area contributed by atoms with Crippen LogP contribution in [0.3, 0.4) is 0 Å². The van der Waals surface area contributed by atoms with Crippen molar-refractivity contribution in [2.75, 3.05) is 13.6 Å². The zero-order valence-electron chi connectivity index (χ0n) is 8.21. The predicted molar refractivity (Wildman–Crippen MR) is 53.9 cm³/mol. The van der Waals surface area contributed by atoms with E-state index in [1.807, 2.05) is 13.0 Å². The monoisotopic (exact) mass is 180 g/mol. The van der Waals surface area contributed by atoms with E-state index in [1.54, 1.807) is 13.1 Å². The van der Waals surface area contributed by atoms with Crippen LogP contribution < -0.4 is 5.32 Å². The molecule has 3 heteroatoms. The Hall–Kier alpha value is -1.12. The second-order valence-corrected chi connectivity index (χ2v) is 3.26. The minimum atomic E-state index is -0.0625. The van der Waals surface area contributed by atoms with Crippen molar-refractivity contribution in [1.82, 2.24) is 5.32 Å². The smallest absolute Gasteiger partial charge is 0.269 e. The molecule has 1 aliphatic carbocycles. The number of amides is 1. The molecule has 0 aromatic heterocycles. The number of nitrogens with one attached hydrogen (secondary N) is 1. The van der Waals surface area contributed by atoms with Crippen molar-refractivity contribution in [2.24, 2.45) is 10.9 Å². The number of rotatable bonds is 4. The van der Waals surface area contributed by atoms with Crippen molar-refractivity contribution < 1.29 is 4.79 Å². The van der Waals surface area contributed by atoms with Gasteiger partial charge in [0.25, 0.3) is 5.91 Å². The van der Waals surface area contributed by atoms with E-state index in [1.165, 1.54) is 12.8 Å². The van der Waals surface area contributed by atoms with E-state index in [2.05, 4.69) is 10.3 Å². The molecule has 1 amide bonds. The summed E-state index contributed by atoms with van der Waals surface area (Å²) < 4.78 is 0. The third-order valence-corrected chi connectivity index (χ3v) is 2.05. The first kappa shape index (κ1) is 9.96. The maximum absolute atomic E-state index is 11.4. The molecular formula is C10H16N2O.